The van der Waals surface area contributed by atoms with Crippen LogP contribution in [0, 0.1) is 23.7 Å². The van der Waals surface area contributed by atoms with Gasteiger partial charge >= 0.3 is 5.97 Å². The van der Waals surface area contributed by atoms with Gasteiger partial charge in [0.05, 0.1) is 9.84 Å². The quantitative estimate of drug-likeness (QED) is 0.437. The van der Waals surface area contributed by atoms with Gasteiger partial charge in [-0.1, -0.05) is 22.6 Å². The Morgan fingerprint density at radius 3 is 3.00 bits per heavy atom. The van der Waals surface area contributed by atoms with Crippen LogP contribution < -0.4 is 0 Å². The highest BCUT2D eigenvalue weighted by molar-refractivity contribution is 14.1. The van der Waals surface area contributed by atoms with Crippen molar-refractivity contribution in [3.63, 3.8) is 0 Å². The maximum absolute atomic E-state index is 11.5. The molecule has 6 atom stereocenters. The summed E-state index contributed by atoms with van der Waals surface area (Å²) < 4.78 is 5.76. The molecule has 0 aromatic heterocycles. The van der Waals surface area contributed by atoms with E-state index in [2.05, 4.69) is 22.6 Å². The Labute approximate surface area is 90.0 Å². The summed E-state index contributed by atoms with van der Waals surface area (Å²) in [5, 5.41) is 9.23. The van der Waals surface area contributed by atoms with Gasteiger partial charge in [0.15, 0.2) is 0 Å². The Bertz CT molecular complexity index is 268. The summed E-state index contributed by atoms with van der Waals surface area (Å²) >= 11 is 2.37. The minimum absolute atomic E-state index is 0.0195. The van der Waals surface area contributed by atoms with Crippen molar-refractivity contribution >= 4 is 28.6 Å². The van der Waals surface area contributed by atoms with Crippen LogP contribution in [0.5, 0.6) is 0 Å². The maximum atomic E-state index is 11.5. The van der Waals surface area contributed by atoms with E-state index in [9.17, 15) is 9.90 Å². The van der Waals surface area contributed by atoms with Crippen molar-refractivity contribution in [2.45, 2.75) is 16.4 Å². The fourth-order valence-corrected chi connectivity index (χ4v) is 4.87. The lowest BCUT2D eigenvalue weighted by molar-refractivity contribution is -0.144. The van der Waals surface area contributed by atoms with Gasteiger partial charge in [-0.05, 0) is 18.3 Å². The van der Waals surface area contributed by atoms with E-state index in [1.807, 2.05) is 0 Å². The van der Waals surface area contributed by atoms with Crippen molar-refractivity contribution in [1.82, 2.24) is 0 Å². The monoisotopic (exact) mass is 294 g/mol. The van der Waals surface area contributed by atoms with Crippen molar-refractivity contribution in [3.8, 4) is 0 Å². The number of carbonyl (C=O) groups is 1. The van der Waals surface area contributed by atoms with E-state index in [1.165, 1.54) is 0 Å². The fraction of sp³-hybridized carbons (Fsp3) is 0.889. The van der Waals surface area contributed by atoms with Crippen LogP contribution in [-0.4, -0.2) is 27.7 Å². The van der Waals surface area contributed by atoms with E-state index < -0.39 is 0 Å². The zero-order chi connectivity index (χ0) is 9.16. The second-order valence-electron chi connectivity index (χ2n) is 4.28. The standard InChI is InChI=1S/C9H11IO3/c10-7-3-1-4-6(5(3)2-11)9(12)13-8(4)7/h3-8,11H,1-2H2/t3-,4-,5+,6+,7+,8-/m0/s1. The first kappa shape index (κ1) is 8.47. The number of rotatable bonds is 1. The number of hydrogen-bond acceptors (Lipinski definition) is 3. The van der Waals surface area contributed by atoms with Gasteiger partial charge in [0.1, 0.15) is 6.10 Å². The number of carbonyl (C=O) groups excluding carboxylic acids is 1. The molecular formula is C9H11IO3. The number of fused-ring (bicyclic) bond motifs is 1. The van der Waals surface area contributed by atoms with Crippen molar-refractivity contribution in [2.24, 2.45) is 23.7 Å². The molecule has 72 valence electrons. The third-order valence-electron chi connectivity index (χ3n) is 3.90. The molecule has 4 heteroatoms. The lowest BCUT2D eigenvalue weighted by Gasteiger charge is -2.26. The van der Waals surface area contributed by atoms with Gasteiger partial charge in [-0.25, -0.2) is 0 Å². The zero-order valence-electron chi connectivity index (χ0n) is 7.02. The van der Waals surface area contributed by atoms with Gasteiger partial charge in [-0.3, -0.25) is 4.79 Å². The Hall–Kier alpha value is 0.160. The molecule has 13 heavy (non-hydrogen) atoms. The van der Waals surface area contributed by atoms with Crippen molar-refractivity contribution in [1.29, 1.82) is 0 Å². The first-order valence-electron chi connectivity index (χ1n) is 4.69. The number of aliphatic hydroxyl groups excluding tert-OH is 1. The van der Waals surface area contributed by atoms with Gasteiger partial charge in [0.25, 0.3) is 0 Å². The molecule has 3 rings (SSSR count). The van der Waals surface area contributed by atoms with E-state index in [0.29, 0.717) is 15.8 Å². The molecular weight excluding hydrogens is 283 g/mol. The number of ether oxygens (including phenoxy) is 1. The first-order valence-corrected chi connectivity index (χ1v) is 5.94. The molecule has 2 saturated carbocycles. The van der Waals surface area contributed by atoms with Crippen LogP contribution in [-0.2, 0) is 9.53 Å². The average molecular weight is 294 g/mol. The second-order valence-corrected chi connectivity index (χ2v) is 5.72. The summed E-state index contributed by atoms with van der Waals surface area (Å²) in [5.74, 6) is 1.06. The molecule has 0 unspecified atom stereocenters. The summed E-state index contributed by atoms with van der Waals surface area (Å²) in [5.41, 5.74) is 0. The predicted molar refractivity (Wildman–Crippen MR) is 53.4 cm³/mol. The molecule has 3 nitrogen and oxygen atoms in total. The number of alkyl halides is 1. The van der Waals surface area contributed by atoms with Crippen LogP contribution in [0.15, 0.2) is 0 Å². The van der Waals surface area contributed by atoms with Gasteiger partial charge in [0, 0.05) is 12.5 Å². The highest BCUT2D eigenvalue weighted by Crippen LogP contribution is 2.59. The molecule has 2 bridgehead atoms. The Morgan fingerprint density at radius 2 is 2.31 bits per heavy atom. The molecule has 1 heterocycles. The second kappa shape index (κ2) is 2.59. The zero-order valence-corrected chi connectivity index (χ0v) is 9.18. The van der Waals surface area contributed by atoms with E-state index in [0.717, 1.165) is 6.42 Å². The predicted octanol–water partition coefficient (Wildman–Crippen LogP) is 0.590. The van der Waals surface area contributed by atoms with Gasteiger partial charge in [-0.2, -0.15) is 0 Å². The van der Waals surface area contributed by atoms with Crippen LogP contribution in [0.2, 0.25) is 0 Å². The number of hydrogen-bond donors (Lipinski definition) is 1. The van der Waals surface area contributed by atoms with Crippen LogP contribution in [0.4, 0.5) is 0 Å². The number of esters is 1. The normalized spacial score (nSPS) is 57.2. The highest BCUT2D eigenvalue weighted by Gasteiger charge is 2.65. The van der Waals surface area contributed by atoms with Crippen LogP contribution in [0.3, 0.4) is 0 Å². The summed E-state index contributed by atoms with van der Waals surface area (Å²) in [7, 11) is 0. The van der Waals surface area contributed by atoms with Crippen LogP contribution in [0.25, 0.3) is 0 Å². The molecule has 1 aliphatic heterocycles. The number of aliphatic hydroxyl groups is 1. The van der Waals surface area contributed by atoms with E-state index in [4.69, 9.17) is 4.74 Å². The van der Waals surface area contributed by atoms with E-state index in [1.54, 1.807) is 0 Å². The first-order chi connectivity index (χ1) is 6.24. The summed E-state index contributed by atoms with van der Waals surface area (Å²) in [6.45, 7) is 0.146. The topological polar surface area (TPSA) is 46.5 Å². The van der Waals surface area contributed by atoms with Crippen LogP contribution >= 0.6 is 22.6 Å². The Morgan fingerprint density at radius 1 is 1.54 bits per heavy atom. The highest BCUT2D eigenvalue weighted by atomic mass is 127. The van der Waals surface area contributed by atoms with E-state index in [-0.39, 0.29) is 30.5 Å². The molecule has 0 radical (unpaired) electrons. The molecule has 2 aliphatic carbocycles. The minimum atomic E-state index is -0.0595. The summed E-state index contributed by atoms with van der Waals surface area (Å²) in [6.07, 6.45) is 1.24. The molecule has 1 N–H and O–H groups in total. The largest absolute Gasteiger partial charge is 0.461 e. The summed E-state index contributed by atoms with van der Waals surface area (Å²) in [6, 6.07) is 0. The van der Waals surface area contributed by atoms with Crippen molar-refractivity contribution in [2.75, 3.05) is 6.61 Å². The SMILES string of the molecule is O=C1O[C@@H]2[C@H](I)[C@H]3C[C@H]2[C@@H]1[C@@H]3CO. The maximum Gasteiger partial charge on any atom is 0.310 e. The molecule has 1 saturated heterocycles. The summed E-state index contributed by atoms with van der Waals surface area (Å²) in [4.78, 5) is 11.5. The number of halogens is 1. The molecule has 0 amide bonds. The van der Waals surface area contributed by atoms with E-state index >= 15 is 0 Å². The molecule has 3 fully saturated rings. The lowest BCUT2D eigenvalue weighted by Crippen LogP contribution is -2.35. The Kier molecular flexibility index (Phi) is 1.69. The third kappa shape index (κ3) is 0.862. The van der Waals surface area contributed by atoms with Crippen molar-refractivity contribution in [3.05, 3.63) is 0 Å². The molecule has 0 aromatic rings. The fourth-order valence-electron chi connectivity index (χ4n) is 3.37. The van der Waals surface area contributed by atoms with Crippen molar-refractivity contribution < 1.29 is 14.6 Å². The molecule has 0 aromatic carbocycles. The van der Waals surface area contributed by atoms with Crippen LogP contribution in [0.1, 0.15) is 6.42 Å². The minimum Gasteiger partial charge on any atom is -0.461 e. The average Bonchev–Trinajstić information content (AvgIpc) is 2.68. The molecule has 3 aliphatic rings. The molecule has 0 spiro atoms. The Balaban J connectivity index is 2.01. The van der Waals surface area contributed by atoms with Gasteiger partial charge in [-0.15, -0.1) is 0 Å². The smallest absolute Gasteiger partial charge is 0.310 e. The lowest BCUT2D eigenvalue weighted by atomic mass is 9.80. The van der Waals surface area contributed by atoms with Gasteiger partial charge < -0.3 is 9.84 Å². The van der Waals surface area contributed by atoms with Gasteiger partial charge in [0.2, 0.25) is 0 Å². The third-order valence-corrected chi connectivity index (χ3v) is 5.53.